The van der Waals surface area contributed by atoms with Gasteiger partial charge in [0.2, 0.25) is 11.7 Å². The average molecular weight is 379 g/mol. The summed E-state index contributed by atoms with van der Waals surface area (Å²) in [6.07, 6.45) is -0.864. The van der Waals surface area contributed by atoms with Gasteiger partial charge in [-0.1, -0.05) is 12.1 Å². The third-order valence-electron chi connectivity index (χ3n) is 3.56. The highest BCUT2D eigenvalue weighted by Crippen LogP contribution is 2.11. The molecular formula is C18H22FN3O5. The van der Waals surface area contributed by atoms with Crippen molar-refractivity contribution in [2.45, 2.75) is 51.4 Å². The summed E-state index contributed by atoms with van der Waals surface area (Å²) in [6.45, 7) is 3.46. The number of benzene rings is 1. The van der Waals surface area contributed by atoms with E-state index < -0.39 is 35.6 Å². The summed E-state index contributed by atoms with van der Waals surface area (Å²) < 4.78 is 18.6. The van der Waals surface area contributed by atoms with E-state index in [9.17, 15) is 23.9 Å². The number of ketones is 1. The molecule has 2 unspecified atom stereocenters. The highest BCUT2D eigenvalue weighted by molar-refractivity contribution is 6.25. The Balaban J connectivity index is 2.82. The third-order valence-corrected chi connectivity index (χ3v) is 3.56. The molecule has 0 radical (unpaired) electrons. The van der Waals surface area contributed by atoms with Gasteiger partial charge in [-0.25, -0.2) is 9.18 Å². The number of carboxylic acid groups (broad SMARTS) is 1. The molecule has 0 aliphatic carbocycles. The normalized spacial score (nSPS) is 12.7. The van der Waals surface area contributed by atoms with E-state index in [0.29, 0.717) is 11.8 Å². The van der Waals surface area contributed by atoms with Crippen molar-refractivity contribution in [1.29, 1.82) is 0 Å². The highest BCUT2D eigenvalue weighted by Gasteiger charge is 2.27. The van der Waals surface area contributed by atoms with Crippen molar-refractivity contribution in [3.05, 3.63) is 41.2 Å². The summed E-state index contributed by atoms with van der Waals surface area (Å²) in [6, 6.07) is 4.24. The summed E-state index contributed by atoms with van der Waals surface area (Å²) in [5, 5.41) is 11.6. The lowest BCUT2D eigenvalue weighted by atomic mass is 10.1. The van der Waals surface area contributed by atoms with Gasteiger partial charge < -0.3 is 20.7 Å². The van der Waals surface area contributed by atoms with Crippen molar-refractivity contribution in [2.75, 3.05) is 0 Å². The van der Waals surface area contributed by atoms with Crippen LogP contribution in [0.4, 0.5) is 4.39 Å². The number of rotatable bonds is 11. The van der Waals surface area contributed by atoms with Crippen LogP contribution < -0.4 is 5.32 Å². The van der Waals surface area contributed by atoms with E-state index in [-0.39, 0.29) is 25.4 Å². The second kappa shape index (κ2) is 10.9. The first kappa shape index (κ1) is 22.1. The zero-order valence-corrected chi connectivity index (χ0v) is 15.1. The first-order valence-corrected chi connectivity index (χ1v) is 8.36. The molecule has 146 valence electrons. The molecular weight excluding hydrogens is 357 g/mol. The van der Waals surface area contributed by atoms with Crippen molar-refractivity contribution in [3.63, 3.8) is 0 Å². The maximum Gasteiger partial charge on any atom is 0.326 e. The number of hydrogen-bond donors (Lipinski definition) is 2. The van der Waals surface area contributed by atoms with Crippen LogP contribution in [-0.2, 0) is 25.5 Å². The van der Waals surface area contributed by atoms with Gasteiger partial charge in [-0.05, 0) is 38.0 Å². The number of amides is 1. The molecule has 0 saturated carbocycles. The Labute approximate surface area is 156 Å². The van der Waals surface area contributed by atoms with Crippen molar-refractivity contribution >= 4 is 23.9 Å². The zero-order valence-electron chi connectivity index (χ0n) is 15.1. The van der Waals surface area contributed by atoms with Gasteiger partial charge in [0.1, 0.15) is 18.0 Å². The molecule has 0 saturated heterocycles. The van der Waals surface area contributed by atoms with Crippen molar-refractivity contribution in [1.82, 2.24) is 5.32 Å². The summed E-state index contributed by atoms with van der Waals surface area (Å²) >= 11 is 0. The van der Waals surface area contributed by atoms with Crippen LogP contribution in [0.5, 0.6) is 0 Å². The Morgan fingerprint density at radius 1 is 1.30 bits per heavy atom. The molecule has 0 spiro atoms. The lowest BCUT2D eigenvalue weighted by molar-refractivity contribution is -0.145. The van der Waals surface area contributed by atoms with Crippen LogP contribution in [0.15, 0.2) is 24.3 Å². The molecule has 0 aromatic heterocycles. The third kappa shape index (κ3) is 8.35. The number of carbonyl (C=O) groups excluding carboxylic acids is 2. The van der Waals surface area contributed by atoms with Crippen LogP contribution in [0.2, 0.25) is 0 Å². The Morgan fingerprint density at radius 2 is 1.93 bits per heavy atom. The van der Waals surface area contributed by atoms with Gasteiger partial charge in [0.15, 0.2) is 0 Å². The predicted molar refractivity (Wildman–Crippen MR) is 93.6 cm³/mol. The molecule has 9 heteroatoms. The van der Waals surface area contributed by atoms with Crippen LogP contribution in [0, 0.1) is 5.82 Å². The van der Waals surface area contributed by atoms with Gasteiger partial charge in [-0.2, -0.15) is 4.79 Å². The largest absolute Gasteiger partial charge is 0.480 e. The number of hydrogen-bond acceptors (Lipinski definition) is 4. The molecule has 0 bridgehead atoms. The number of carbonyl (C=O) groups is 3. The van der Waals surface area contributed by atoms with Gasteiger partial charge >= 0.3 is 12.2 Å². The summed E-state index contributed by atoms with van der Waals surface area (Å²) in [7, 11) is 0. The Morgan fingerprint density at radius 3 is 2.44 bits per heavy atom. The fraction of sp³-hybridized carbons (Fsp3) is 0.444. The molecule has 27 heavy (non-hydrogen) atoms. The zero-order chi connectivity index (χ0) is 20.4. The Bertz CT molecular complexity index is 714. The number of carboxylic acids is 1. The molecule has 0 aliphatic rings. The maximum atomic E-state index is 13.0. The minimum Gasteiger partial charge on any atom is -0.480 e. The number of nitrogens with zero attached hydrogens (tertiary/aromatic N) is 2. The Hall–Kier alpha value is -2.90. The highest BCUT2D eigenvalue weighted by atomic mass is 19.1. The van der Waals surface area contributed by atoms with E-state index in [1.54, 1.807) is 13.8 Å². The summed E-state index contributed by atoms with van der Waals surface area (Å²) in [5.41, 5.74) is 8.94. The van der Waals surface area contributed by atoms with Gasteiger partial charge in [-0.3, -0.25) is 9.59 Å². The molecule has 2 N–H and O–H groups in total. The van der Waals surface area contributed by atoms with Crippen LogP contribution in [-0.4, -0.2) is 52.0 Å². The van der Waals surface area contributed by atoms with E-state index >= 15 is 0 Å². The van der Waals surface area contributed by atoms with E-state index in [0.717, 1.165) is 0 Å². The standard InChI is InChI=1S/C18H22FN3O5/c1-11(2)27-16(9-12-3-5-13(19)6-4-12)17(24)22-15(18(25)26)8-7-14(23)10-21-20/h3-6,10-11,15-16H,7-9H2,1-2H3,(H,22,24)(H,25,26). The second-order valence-electron chi connectivity index (χ2n) is 6.15. The van der Waals surface area contributed by atoms with Crippen LogP contribution >= 0.6 is 0 Å². The van der Waals surface area contributed by atoms with Gasteiger partial charge in [0.25, 0.3) is 0 Å². The number of nitrogens with one attached hydrogen (secondary N) is 1. The van der Waals surface area contributed by atoms with Crippen molar-refractivity contribution < 1.29 is 33.4 Å². The van der Waals surface area contributed by atoms with Crippen LogP contribution in [0.3, 0.4) is 0 Å². The number of aliphatic carboxylic acids is 1. The fourth-order valence-corrected chi connectivity index (χ4v) is 2.30. The summed E-state index contributed by atoms with van der Waals surface area (Å²) in [4.78, 5) is 37.8. The van der Waals surface area contributed by atoms with Gasteiger partial charge in [-0.15, -0.1) is 0 Å². The molecule has 1 aromatic rings. The molecule has 8 nitrogen and oxygen atoms in total. The van der Waals surface area contributed by atoms with Gasteiger partial charge in [0.05, 0.1) is 6.10 Å². The van der Waals surface area contributed by atoms with Crippen molar-refractivity contribution in [2.24, 2.45) is 0 Å². The van der Waals surface area contributed by atoms with Crippen LogP contribution in [0.1, 0.15) is 32.3 Å². The minimum absolute atomic E-state index is 0.132. The molecule has 2 atom stereocenters. The van der Waals surface area contributed by atoms with E-state index in [2.05, 4.69) is 10.1 Å². The molecule has 0 heterocycles. The molecule has 1 aromatic carbocycles. The lowest BCUT2D eigenvalue weighted by Gasteiger charge is -2.22. The fourth-order valence-electron chi connectivity index (χ4n) is 2.30. The SMILES string of the molecule is CC(C)OC(Cc1ccc(F)cc1)C(=O)NC(CCC(=O)C=[N+]=[N-])C(=O)O. The lowest BCUT2D eigenvalue weighted by Crippen LogP contribution is -2.47. The molecule has 1 amide bonds. The predicted octanol–water partition coefficient (Wildman–Crippen LogP) is 1.38. The monoisotopic (exact) mass is 379 g/mol. The first-order chi connectivity index (χ1) is 12.7. The molecule has 1 rings (SSSR count). The van der Waals surface area contributed by atoms with Crippen LogP contribution in [0.25, 0.3) is 5.53 Å². The topological polar surface area (TPSA) is 129 Å². The average Bonchev–Trinajstić information content (AvgIpc) is 2.59. The number of halogens is 1. The van der Waals surface area contributed by atoms with Gasteiger partial charge in [0, 0.05) is 12.8 Å². The van der Waals surface area contributed by atoms with E-state index in [1.807, 2.05) is 0 Å². The quantitative estimate of drug-likeness (QED) is 0.341. The van der Waals surface area contributed by atoms with E-state index in [4.69, 9.17) is 10.3 Å². The Kier molecular flexibility index (Phi) is 8.98. The first-order valence-electron chi connectivity index (χ1n) is 8.36. The number of Topliss-reactive ketones (excluding diaryl/α,β-unsaturated/α-hetero) is 1. The van der Waals surface area contributed by atoms with Crippen molar-refractivity contribution in [3.8, 4) is 0 Å². The van der Waals surface area contributed by atoms with E-state index in [1.165, 1.54) is 24.3 Å². The molecule has 0 fully saturated rings. The smallest absolute Gasteiger partial charge is 0.326 e. The maximum absolute atomic E-state index is 13.0. The second-order valence-corrected chi connectivity index (χ2v) is 6.15. The minimum atomic E-state index is -1.31. The summed E-state index contributed by atoms with van der Waals surface area (Å²) in [5.74, 6) is -2.93. The molecule has 0 aliphatic heterocycles. The number of ether oxygens (including phenoxy) is 1.